The first kappa shape index (κ1) is 17.1. The minimum atomic E-state index is -4.15. The fourth-order valence-electron chi connectivity index (χ4n) is 3.28. The molecule has 0 spiro atoms. The number of rotatable bonds is 4. The monoisotopic (exact) mass is 316 g/mol. The number of halogens is 3. The van der Waals surface area contributed by atoms with Crippen LogP contribution in [-0.4, -0.2) is 42.4 Å². The Hall–Kier alpha value is -1.27. The van der Waals surface area contributed by atoms with Crippen LogP contribution in [0.4, 0.5) is 13.2 Å². The van der Waals surface area contributed by atoms with Crippen molar-refractivity contribution in [1.82, 2.24) is 10.2 Å². The smallest absolute Gasteiger partial charge is 0.389 e. The van der Waals surface area contributed by atoms with Gasteiger partial charge in [0.15, 0.2) is 0 Å². The molecule has 1 saturated heterocycles. The van der Waals surface area contributed by atoms with Gasteiger partial charge < -0.3 is 10.4 Å². The fourth-order valence-corrected chi connectivity index (χ4v) is 3.28. The molecule has 0 radical (unpaired) electrons. The van der Waals surface area contributed by atoms with Crippen LogP contribution < -0.4 is 5.32 Å². The highest BCUT2D eigenvalue weighted by Crippen LogP contribution is 2.36. The molecule has 0 unspecified atom stereocenters. The van der Waals surface area contributed by atoms with Gasteiger partial charge in [-0.05, 0) is 49.1 Å². The van der Waals surface area contributed by atoms with Crippen molar-refractivity contribution in [2.45, 2.75) is 38.9 Å². The number of phenolic OH excluding ortho intramolecular Hbond substituents is 1. The Kier molecular flexibility index (Phi) is 5.34. The number of aromatic hydroxyl groups is 1. The van der Waals surface area contributed by atoms with Crippen LogP contribution in [0.2, 0.25) is 0 Å². The minimum Gasteiger partial charge on any atom is -0.508 e. The van der Waals surface area contributed by atoms with E-state index >= 15 is 0 Å². The summed E-state index contributed by atoms with van der Waals surface area (Å²) in [5, 5.41) is 12.9. The van der Waals surface area contributed by atoms with Gasteiger partial charge in [-0.2, -0.15) is 13.2 Å². The Morgan fingerprint density at radius 2 is 1.73 bits per heavy atom. The van der Waals surface area contributed by atoms with Gasteiger partial charge >= 0.3 is 6.18 Å². The highest BCUT2D eigenvalue weighted by Gasteiger charge is 2.32. The highest BCUT2D eigenvalue weighted by atomic mass is 19.4. The molecule has 124 valence electrons. The van der Waals surface area contributed by atoms with E-state index in [2.05, 4.69) is 10.2 Å². The van der Waals surface area contributed by atoms with E-state index in [0.29, 0.717) is 0 Å². The van der Waals surface area contributed by atoms with Crippen molar-refractivity contribution in [2.24, 2.45) is 0 Å². The third-order valence-corrected chi connectivity index (χ3v) is 4.21. The molecule has 1 heterocycles. The van der Waals surface area contributed by atoms with Gasteiger partial charge in [-0.1, -0.05) is 0 Å². The van der Waals surface area contributed by atoms with Crippen LogP contribution in [0.5, 0.6) is 5.75 Å². The van der Waals surface area contributed by atoms with Crippen molar-refractivity contribution < 1.29 is 18.3 Å². The normalized spacial score (nSPS) is 18.4. The van der Waals surface area contributed by atoms with E-state index in [4.69, 9.17) is 0 Å². The predicted octanol–water partition coefficient (Wildman–Crippen LogP) is 3.30. The molecule has 2 N–H and O–H groups in total. The standard InChI is InChI=1S/C16H23F3N2O/c1-11-9-13(22)10-12(2)15(11)14(3-4-16(17,18)19)21-7-5-20-6-8-21/h9-10,14,20,22H,3-8H2,1-2H3/t14-/m1/s1. The largest absolute Gasteiger partial charge is 0.508 e. The fraction of sp³-hybridized carbons (Fsp3) is 0.625. The SMILES string of the molecule is Cc1cc(O)cc(C)c1[C@@H](CCC(F)(F)F)N1CCNCC1. The Bertz CT molecular complexity index is 488. The first-order valence-corrected chi connectivity index (χ1v) is 7.59. The van der Waals surface area contributed by atoms with Gasteiger partial charge in [-0.3, -0.25) is 4.90 Å². The second kappa shape index (κ2) is 6.87. The number of hydrogen-bond donors (Lipinski definition) is 2. The third kappa shape index (κ3) is 4.36. The van der Waals surface area contributed by atoms with Crippen LogP contribution in [0.25, 0.3) is 0 Å². The van der Waals surface area contributed by atoms with Crippen LogP contribution in [0.1, 0.15) is 35.6 Å². The minimum absolute atomic E-state index is 0.0515. The predicted molar refractivity (Wildman–Crippen MR) is 80.1 cm³/mol. The summed E-state index contributed by atoms with van der Waals surface area (Å²) >= 11 is 0. The van der Waals surface area contributed by atoms with Crippen molar-refractivity contribution in [3.8, 4) is 5.75 Å². The lowest BCUT2D eigenvalue weighted by atomic mass is 9.91. The van der Waals surface area contributed by atoms with Gasteiger partial charge in [-0.25, -0.2) is 0 Å². The number of aryl methyl sites for hydroxylation is 2. The molecule has 6 heteroatoms. The second-order valence-corrected chi connectivity index (χ2v) is 5.95. The van der Waals surface area contributed by atoms with Crippen molar-refractivity contribution in [3.05, 3.63) is 28.8 Å². The number of nitrogens with one attached hydrogen (secondary N) is 1. The lowest BCUT2D eigenvalue weighted by Gasteiger charge is -2.37. The molecule has 1 aromatic carbocycles. The lowest BCUT2D eigenvalue weighted by molar-refractivity contribution is -0.138. The second-order valence-electron chi connectivity index (χ2n) is 5.95. The summed E-state index contributed by atoms with van der Waals surface area (Å²) in [5.41, 5.74) is 2.62. The summed E-state index contributed by atoms with van der Waals surface area (Å²) in [5.74, 6) is 0.161. The first-order chi connectivity index (χ1) is 10.3. The summed E-state index contributed by atoms with van der Waals surface area (Å²) in [4.78, 5) is 2.12. The van der Waals surface area contributed by atoms with E-state index in [1.165, 1.54) is 0 Å². The molecule has 0 saturated carbocycles. The molecule has 2 rings (SSSR count). The summed E-state index contributed by atoms with van der Waals surface area (Å²) in [6, 6.07) is 3.00. The number of piperazine rings is 1. The van der Waals surface area contributed by atoms with E-state index in [9.17, 15) is 18.3 Å². The van der Waals surface area contributed by atoms with Gasteiger partial charge in [0.1, 0.15) is 5.75 Å². The van der Waals surface area contributed by atoms with E-state index < -0.39 is 12.6 Å². The molecule has 0 aliphatic carbocycles. The number of alkyl halides is 3. The maximum atomic E-state index is 12.7. The molecule has 0 bridgehead atoms. The third-order valence-electron chi connectivity index (χ3n) is 4.21. The molecular formula is C16H23F3N2O. The molecular weight excluding hydrogens is 293 g/mol. The van der Waals surface area contributed by atoms with Gasteiger partial charge in [-0.15, -0.1) is 0 Å². The maximum Gasteiger partial charge on any atom is 0.389 e. The van der Waals surface area contributed by atoms with Crippen molar-refractivity contribution in [1.29, 1.82) is 0 Å². The Labute approximate surface area is 129 Å². The zero-order valence-corrected chi connectivity index (χ0v) is 13.0. The lowest BCUT2D eigenvalue weighted by Crippen LogP contribution is -2.45. The zero-order valence-electron chi connectivity index (χ0n) is 13.0. The van der Waals surface area contributed by atoms with Gasteiger partial charge in [0.2, 0.25) is 0 Å². The highest BCUT2D eigenvalue weighted by molar-refractivity contribution is 5.42. The average molecular weight is 316 g/mol. The number of phenols is 1. The van der Waals surface area contributed by atoms with E-state index in [-0.39, 0.29) is 18.2 Å². The molecule has 1 aromatic rings. The van der Waals surface area contributed by atoms with Crippen molar-refractivity contribution in [3.63, 3.8) is 0 Å². The van der Waals surface area contributed by atoms with Gasteiger partial charge in [0.05, 0.1) is 0 Å². The zero-order chi connectivity index (χ0) is 16.3. The molecule has 1 aliphatic rings. The quantitative estimate of drug-likeness (QED) is 0.895. The van der Waals surface area contributed by atoms with Crippen LogP contribution in [0.15, 0.2) is 12.1 Å². The first-order valence-electron chi connectivity index (χ1n) is 7.59. The number of nitrogens with zero attached hydrogens (tertiary/aromatic N) is 1. The molecule has 22 heavy (non-hydrogen) atoms. The van der Waals surface area contributed by atoms with E-state index in [1.807, 2.05) is 13.8 Å². The van der Waals surface area contributed by atoms with Gasteiger partial charge in [0.25, 0.3) is 0 Å². The summed E-state index contributed by atoms with van der Waals surface area (Å²) in [7, 11) is 0. The van der Waals surface area contributed by atoms with Crippen LogP contribution in [0.3, 0.4) is 0 Å². The number of hydrogen-bond acceptors (Lipinski definition) is 3. The Balaban J connectivity index is 2.30. The van der Waals surface area contributed by atoms with Crippen molar-refractivity contribution in [2.75, 3.05) is 26.2 Å². The van der Waals surface area contributed by atoms with E-state index in [1.54, 1.807) is 12.1 Å². The summed E-state index contributed by atoms with van der Waals surface area (Å²) < 4.78 is 38.1. The van der Waals surface area contributed by atoms with Gasteiger partial charge in [0, 0.05) is 38.6 Å². The maximum absolute atomic E-state index is 12.7. The van der Waals surface area contributed by atoms with Crippen LogP contribution in [-0.2, 0) is 0 Å². The molecule has 0 aromatic heterocycles. The molecule has 3 nitrogen and oxygen atoms in total. The summed E-state index contributed by atoms with van der Waals surface area (Å²) in [6.07, 6.45) is -4.89. The van der Waals surface area contributed by atoms with Crippen molar-refractivity contribution >= 4 is 0 Å². The van der Waals surface area contributed by atoms with Crippen LogP contribution in [0, 0.1) is 13.8 Å². The molecule has 0 amide bonds. The molecule has 1 fully saturated rings. The number of benzene rings is 1. The topological polar surface area (TPSA) is 35.5 Å². The molecule has 1 atom stereocenters. The van der Waals surface area contributed by atoms with Crippen LogP contribution >= 0.6 is 0 Å². The molecule has 1 aliphatic heterocycles. The Morgan fingerprint density at radius 3 is 2.23 bits per heavy atom. The van der Waals surface area contributed by atoms with E-state index in [0.717, 1.165) is 42.9 Å². The summed E-state index contributed by atoms with van der Waals surface area (Å²) in [6.45, 7) is 6.76. The Morgan fingerprint density at radius 1 is 1.18 bits per heavy atom. The average Bonchev–Trinajstić information content (AvgIpc) is 2.41.